The van der Waals surface area contributed by atoms with Crippen molar-refractivity contribution in [1.82, 2.24) is 25.4 Å². The zero-order valence-corrected chi connectivity index (χ0v) is 17.3. The Labute approximate surface area is 172 Å². The summed E-state index contributed by atoms with van der Waals surface area (Å²) in [6, 6.07) is 8.44. The highest BCUT2D eigenvalue weighted by Gasteiger charge is 2.22. The number of nitrogens with one attached hydrogen (secondary N) is 2. The number of nitrogens with zero attached hydrogens (tertiary/aromatic N) is 5. The van der Waals surface area contributed by atoms with Crippen LogP contribution in [-0.2, 0) is 6.54 Å². The van der Waals surface area contributed by atoms with Crippen LogP contribution in [0.15, 0.2) is 41.9 Å². The van der Waals surface area contributed by atoms with Gasteiger partial charge in [0, 0.05) is 38.8 Å². The lowest BCUT2D eigenvalue weighted by molar-refractivity contribution is 0.468. The highest BCUT2D eigenvalue weighted by Crippen LogP contribution is 2.27. The Morgan fingerprint density at radius 3 is 2.86 bits per heavy atom. The third kappa shape index (κ3) is 6.12. The molecular formula is C20H30ClN7. The number of unbranched alkanes of at least 4 members (excludes halogenated alkanes) is 1. The minimum absolute atomic E-state index is 0.361. The molecule has 1 aromatic carbocycles. The Morgan fingerprint density at radius 1 is 1.25 bits per heavy atom. The van der Waals surface area contributed by atoms with Gasteiger partial charge in [0.05, 0.1) is 10.7 Å². The van der Waals surface area contributed by atoms with E-state index < -0.39 is 0 Å². The number of para-hydroxylation sites is 1. The monoisotopic (exact) mass is 403 g/mol. The number of hydrogen-bond donors (Lipinski definition) is 2. The van der Waals surface area contributed by atoms with E-state index in [1.54, 1.807) is 12.7 Å². The number of hydrogen-bond acceptors (Lipinski definition) is 4. The summed E-state index contributed by atoms with van der Waals surface area (Å²) in [4.78, 5) is 7.12. The van der Waals surface area contributed by atoms with E-state index in [1.807, 2.05) is 22.8 Å². The fraction of sp³-hybridized carbons (Fsp3) is 0.550. The molecule has 8 heteroatoms. The van der Waals surface area contributed by atoms with Crippen LogP contribution < -0.4 is 15.5 Å². The van der Waals surface area contributed by atoms with Crippen LogP contribution in [-0.4, -0.2) is 52.9 Å². The van der Waals surface area contributed by atoms with E-state index in [4.69, 9.17) is 16.6 Å². The molecular weight excluding hydrogens is 374 g/mol. The molecule has 1 aliphatic rings. The van der Waals surface area contributed by atoms with E-state index >= 15 is 0 Å². The topological polar surface area (TPSA) is 70.4 Å². The second-order valence-corrected chi connectivity index (χ2v) is 7.46. The fourth-order valence-corrected chi connectivity index (χ4v) is 3.73. The number of rotatable bonds is 8. The average Bonchev–Trinajstić information content (AvgIpc) is 3.22. The second-order valence-electron chi connectivity index (χ2n) is 7.05. The van der Waals surface area contributed by atoms with E-state index in [-0.39, 0.29) is 0 Å². The first-order valence-electron chi connectivity index (χ1n) is 10.1. The summed E-state index contributed by atoms with van der Waals surface area (Å²) in [7, 11) is 0. The van der Waals surface area contributed by atoms with Gasteiger partial charge in [0.1, 0.15) is 12.7 Å². The summed E-state index contributed by atoms with van der Waals surface area (Å²) < 4.78 is 2.00. The average molecular weight is 404 g/mol. The lowest BCUT2D eigenvalue weighted by Gasteiger charge is -2.35. The third-order valence-corrected chi connectivity index (χ3v) is 5.18. The number of aliphatic imine (C=N–C) groups is 1. The van der Waals surface area contributed by atoms with E-state index in [2.05, 4.69) is 38.7 Å². The third-order valence-electron chi connectivity index (χ3n) is 4.86. The van der Waals surface area contributed by atoms with E-state index in [0.717, 1.165) is 75.1 Å². The van der Waals surface area contributed by atoms with Crippen LogP contribution in [0, 0.1) is 0 Å². The number of anilines is 1. The molecule has 152 valence electrons. The number of benzene rings is 1. The molecule has 2 aromatic rings. The summed E-state index contributed by atoms with van der Waals surface area (Å²) in [5, 5.41) is 15.4. The van der Waals surface area contributed by atoms with Crippen molar-refractivity contribution in [3.8, 4) is 0 Å². The van der Waals surface area contributed by atoms with Crippen molar-refractivity contribution in [3.63, 3.8) is 0 Å². The van der Waals surface area contributed by atoms with Gasteiger partial charge >= 0.3 is 0 Å². The number of piperidine rings is 1. The lowest BCUT2D eigenvalue weighted by Crippen LogP contribution is -2.51. The molecule has 2 N–H and O–H groups in total. The molecule has 1 saturated heterocycles. The zero-order valence-electron chi connectivity index (χ0n) is 16.5. The van der Waals surface area contributed by atoms with Crippen molar-refractivity contribution in [1.29, 1.82) is 0 Å². The zero-order chi connectivity index (χ0) is 19.6. The molecule has 1 unspecified atom stereocenters. The summed E-state index contributed by atoms with van der Waals surface area (Å²) in [5.41, 5.74) is 1.12. The maximum Gasteiger partial charge on any atom is 0.191 e. The van der Waals surface area contributed by atoms with Crippen molar-refractivity contribution < 1.29 is 0 Å². The Kier molecular flexibility index (Phi) is 7.96. The molecule has 7 nitrogen and oxygen atoms in total. The van der Waals surface area contributed by atoms with Crippen molar-refractivity contribution in [3.05, 3.63) is 41.9 Å². The van der Waals surface area contributed by atoms with Gasteiger partial charge in [-0.25, -0.2) is 0 Å². The second kappa shape index (κ2) is 10.9. The van der Waals surface area contributed by atoms with Gasteiger partial charge in [-0.3, -0.25) is 4.99 Å². The normalized spacial score (nSPS) is 17.6. The van der Waals surface area contributed by atoms with Crippen LogP contribution in [0.4, 0.5) is 5.69 Å². The minimum atomic E-state index is 0.361. The lowest BCUT2D eigenvalue weighted by atomic mass is 10.0. The van der Waals surface area contributed by atoms with E-state index in [0.29, 0.717) is 6.04 Å². The van der Waals surface area contributed by atoms with Crippen LogP contribution in [0.3, 0.4) is 0 Å². The molecule has 1 atom stereocenters. The van der Waals surface area contributed by atoms with Gasteiger partial charge in [0.15, 0.2) is 5.96 Å². The number of aryl methyl sites for hydroxylation is 1. The maximum atomic E-state index is 6.39. The first-order valence-corrected chi connectivity index (χ1v) is 10.5. The van der Waals surface area contributed by atoms with Gasteiger partial charge in [-0.2, -0.15) is 0 Å². The Balaban J connectivity index is 1.49. The maximum absolute atomic E-state index is 6.39. The predicted molar refractivity (Wildman–Crippen MR) is 115 cm³/mol. The van der Waals surface area contributed by atoms with Crippen molar-refractivity contribution >= 4 is 23.2 Å². The van der Waals surface area contributed by atoms with Gasteiger partial charge in [-0.1, -0.05) is 23.7 Å². The van der Waals surface area contributed by atoms with Crippen molar-refractivity contribution in [2.45, 2.75) is 45.2 Å². The molecule has 3 rings (SSSR count). The molecule has 1 fully saturated rings. The van der Waals surface area contributed by atoms with Gasteiger partial charge in [-0.15, -0.1) is 10.2 Å². The largest absolute Gasteiger partial charge is 0.368 e. The number of aromatic nitrogens is 3. The van der Waals surface area contributed by atoms with Crippen molar-refractivity contribution in [2.75, 3.05) is 31.1 Å². The summed E-state index contributed by atoms with van der Waals surface area (Å²) >= 11 is 6.39. The quantitative estimate of drug-likeness (QED) is 0.403. The molecule has 1 aromatic heterocycles. The standard InChI is InChI=1S/C20H30ClN7/c1-2-22-20(23-11-5-6-12-27-15-24-25-16-27)26-17-8-7-13-28(14-17)19-10-4-3-9-18(19)21/h3-4,9-10,15-17H,2,5-8,11-14H2,1H3,(H2,22,23,26). The summed E-state index contributed by atoms with van der Waals surface area (Å²) in [6.45, 7) is 6.66. The van der Waals surface area contributed by atoms with Crippen LogP contribution in [0.25, 0.3) is 0 Å². The Hall–Kier alpha value is -2.28. The van der Waals surface area contributed by atoms with Gasteiger partial charge in [0.2, 0.25) is 0 Å². The first kappa shape index (κ1) is 20.5. The molecule has 28 heavy (non-hydrogen) atoms. The van der Waals surface area contributed by atoms with Crippen LogP contribution >= 0.6 is 11.6 Å². The van der Waals surface area contributed by atoms with E-state index in [1.165, 1.54) is 0 Å². The molecule has 0 spiro atoms. The fourth-order valence-electron chi connectivity index (χ4n) is 3.47. The van der Waals surface area contributed by atoms with E-state index in [9.17, 15) is 0 Å². The molecule has 0 radical (unpaired) electrons. The first-order chi connectivity index (χ1) is 13.8. The molecule has 0 aliphatic carbocycles. The molecule has 1 aliphatic heterocycles. The SMILES string of the molecule is CCNC(=NCCCCn1cnnc1)NC1CCCN(c2ccccc2Cl)C1. The van der Waals surface area contributed by atoms with Crippen molar-refractivity contribution in [2.24, 2.45) is 4.99 Å². The summed E-state index contributed by atoms with van der Waals surface area (Å²) in [6.07, 6.45) is 7.88. The minimum Gasteiger partial charge on any atom is -0.368 e. The molecule has 2 heterocycles. The van der Waals surface area contributed by atoms with Gasteiger partial charge in [-0.05, 0) is 44.7 Å². The van der Waals surface area contributed by atoms with Crippen LogP contribution in [0.1, 0.15) is 32.6 Å². The Morgan fingerprint density at radius 2 is 2.07 bits per heavy atom. The number of guanidine groups is 1. The highest BCUT2D eigenvalue weighted by molar-refractivity contribution is 6.33. The predicted octanol–water partition coefficient (Wildman–Crippen LogP) is 2.94. The smallest absolute Gasteiger partial charge is 0.191 e. The van der Waals surface area contributed by atoms with Crippen LogP contribution in [0.2, 0.25) is 5.02 Å². The van der Waals surface area contributed by atoms with Gasteiger partial charge in [0.25, 0.3) is 0 Å². The van der Waals surface area contributed by atoms with Gasteiger partial charge < -0.3 is 20.1 Å². The van der Waals surface area contributed by atoms with Crippen LogP contribution in [0.5, 0.6) is 0 Å². The Bertz CT molecular complexity index is 732. The molecule has 0 bridgehead atoms. The number of halogens is 1. The summed E-state index contributed by atoms with van der Waals surface area (Å²) in [5.74, 6) is 0.901. The molecule has 0 amide bonds. The highest BCUT2D eigenvalue weighted by atomic mass is 35.5. The molecule has 0 saturated carbocycles.